The van der Waals surface area contributed by atoms with Gasteiger partial charge >= 0.3 is 6.18 Å². The third kappa shape index (κ3) is 1.48. The molecule has 0 aliphatic rings. The lowest BCUT2D eigenvalue weighted by molar-refractivity contribution is -0.138. The van der Waals surface area contributed by atoms with Gasteiger partial charge < -0.3 is 21.7 Å². The fourth-order valence-electron chi connectivity index (χ4n) is 0.921. The van der Waals surface area contributed by atoms with Crippen LogP contribution in [0.5, 0.6) is 11.5 Å². The van der Waals surface area contributed by atoms with E-state index in [1.807, 2.05) is 0 Å². The van der Waals surface area contributed by atoms with Crippen molar-refractivity contribution in [2.75, 3.05) is 11.5 Å². The van der Waals surface area contributed by atoms with Gasteiger partial charge in [0.25, 0.3) is 0 Å². The summed E-state index contributed by atoms with van der Waals surface area (Å²) in [7, 11) is 0. The van der Waals surface area contributed by atoms with Crippen LogP contribution in [0.3, 0.4) is 0 Å². The second-order valence-corrected chi connectivity index (χ2v) is 2.62. The molecular formula is C7H7F3N2O2. The van der Waals surface area contributed by atoms with Crippen molar-refractivity contribution in [3.05, 3.63) is 11.6 Å². The van der Waals surface area contributed by atoms with E-state index in [9.17, 15) is 13.2 Å². The topological polar surface area (TPSA) is 92.5 Å². The van der Waals surface area contributed by atoms with Crippen LogP contribution < -0.4 is 11.5 Å². The van der Waals surface area contributed by atoms with Gasteiger partial charge in [0.1, 0.15) is 11.3 Å². The highest BCUT2D eigenvalue weighted by Crippen LogP contribution is 2.45. The molecule has 0 saturated heterocycles. The number of anilines is 2. The van der Waals surface area contributed by atoms with Gasteiger partial charge in [-0.25, -0.2) is 0 Å². The highest BCUT2D eigenvalue weighted by molar-refractivity contribution is 5.75. The number of phenolic OH excluding ortho intramolecular Hbond substituents is 2. The van der Waals surface area contributed by atoms with Gasteiger partial charge in [-0.15, -0.1) is 0 Å². The Bertz CT molecular complexity index is 376. The van der Waals surface area contributed by atoms with Gasteiger partial charge in [-0.3, -0.25) is 0 Å². The summed E-state index contributed by atoms with van der Waals surface area (Å²) < 4.78 is 36.6. The number of nitrogens with two attached hydrogens (primary N) is 2. The summed E-state index contributed by atoms with van der Waals surface area (Å²) in [5.74, 6) is -1.97. The molecule has 4 nitrogen and oxygen atoms in total. The molecule has 0 heterocycles. The van der Waals surface area contributed by atoms with E-state index in [1.165, 1.54) is 0 Å². The fraction of sp³-hybridized carbons (Fsp3) is 0.143. The zero-order valence-corrected chi connectivity index (χ0v) is 6.76. The van der Waals surface area contributed by atoms with Crippen LogP contribution >= 0.6 is 0 Å². The molecule has 78 valence electrons. The molecule has 14 heavy (non-hydrogen) atoms. The third-order valence-electron chi connectivity index (χ3n) is 1.64. The minimum Gasteiger partial charge on any atom is -0.505 e. The number of nitrogen functional groups attached to an aromatic ring is 2. The van der Waals surface area contributed by atoms with Crippen molar-refractivity contribution in [1.29, 1.82) is 0 Å². The van der Waals surface area contributed by atoms with Gasteiger partial charge in [0, 0.05) is 0 Å². The van der Waals surface area contributed by atoms with Crippen molar-refractivity contribution < 1.29 is 23.4 Å². The zero-order chi connectivity index (χ0) is 11.1. The maximum absolute atomic E-state index is 12.2. The number of halogens is 3. The Hall–Kier alpha value is -1.79. The highest BCUT2D eigenvalue weighted by Gasteiger charge is 2.36. The molecule has 0 amide bonds. The summed E-state index contributed by atoms with van der Waals surface area (Å²) in [5.41, 5.74) is 7.36. The minimum absolute atomic E-state index is 0.418. The maximum atomic E-state index is 12.2. The number of benzene rings is 1. The molecule has 0 radical (unpaired) electrons. The first kappa shape index (κ1) is 10.3. The second kappa shape index (κ2) is 2.86. The summed E-state index contributed by atoms with van der Waals surface area (Å²) in [6, 6.07) is 0.418. The van der Waals surface area contributed by atoms with Crippen molar-refractivity contribution in [2.45, 2.75) is 6.18 Å². The molecule has 0 atom stereocenters. The number of phenols is 2. The molecule has 1 aromatic rings. The van der Waals surface area contributed by atoms with E-state index in [1.54, 1.807) is 0 Å². The van der Waals surface area contributed by atoms with Crippen LogP contribution in [0.2, 0.25) is 0 Å². The number of rotatable bonds is 0. The van der Waals surface area contributed by atoms with Gasteiger partial charge in [-0.1, -0.05) is 0 Å². The molecule has 7 heteroatoms. The predicted octanol–water partition coefficient (Wildman–Crippen LogP) is 1.28. The molecule has 0 bridgehead atoms. The van der Waals surface area contributed by atoms with Crippen LogP contribution in [-0.4, -0.2) is 10.2 Å². The summed E-state index contributed by atoms with van der Waals surface area (Å²) in [6.45, 7) is 0. The van der Waals surface area contributed by atoms with Crippen LogP contribution in [0.15, 0.2) is 6.07 Å². The van der Waals surface area contributed by atoms with Gasteiger partial charge in [0.2, 0.25) is 0 Å². The zero-order valence-electron chi connectivity index (χ0n) is 6.76. The molecule has 6 N–H and O–H groups in total. The average molecular weight is 208 g/mol. The highest BCUT2D eigenvalue weighted by atomic mass is 19.4. The first-order valence-corrected chi connectivity index (χ1v) is 3.42. The lowest BCUT2D eigenvalue weighted by atomic mass is 10.1. The van der Waals surface area contributed by atoms with Crippen molar-refractivity contribution >= 4 is 11.4 Å². The Labute approximate surface area is 76.6 Å². The summed E-state index contributed by atoms with van der Waals surface area (Å²) >= 11 is 0. The molecule has 0 unspecified atom stereocenters. The van der Waals surface area contributed by atoms with Crippen molar-refractivity contribution in [1.82, 2.24) is 0 Å². The predicted molar refractivity (Wildman–Crippen MR) is 43.6 cm³/mol. The molecule has 0 saturated carbocycles. The maximum Gasteiger partial charge on any atom is 0.420 e. The molecule has 0 aliphatic heterocycles. The first-order chi connectivity index (χ1) is 6.25. The Balaban J connectivity index is 3.49. The van der Waals surface area contributed by atoms with E-state index >= 15 is 0 Å². The average Bonchev–Trinajstić information content (AvgIpc) is 2.06. The van der Waals surface area contributed by atoms with Gasteiger partial charge in [0.05, 0.1) is 5.69 Å². The largest absolute Gasteiger partial charge is 0.505 e. The Morgan fingerprint density at radius 3 is 2.00 bits per heavy atom. The number of hydrogen-bond acceptors (Lipinski definition) is 4. The van der Waals surface area contributed by atoms with Crippen molar-refractivity contribution in [2.24, 2.45) is 0 Å². The van der Waals surface area contributed by atoms with E-state index in [4.69, 9.17) is 21.7 Å². The standard InChI is InChI=1S/C7H7F3N2O2/c8-7(9,10)2-1-3(11)6(14)4(12)5(2)13/h1,13-14H,11-12H2. The van der Waals surface area contributed by atoms with Crippen LogP contribution in [-0.2, 0) is 6.18 Å². The van der Waals surface area contributed by atoms with Gasteiger partial charge in [-0.05, 0) is 6.07 Å². The van der Waals surface area contributed by atoms with Gasteiger partial charge in [0.15, 0.2) is 11.5 Å². The number of alkyl halides is 3. The lowest BCUT2D eigenvalue weighted by Gasteiger charge is -2.12. The first-order valence-electron chi connectivity index (χ1n) is 3.42. The third-order valence-corrected chi connectivity index (χ3v) is 1.64. The molecular weight excluding hydrogens is 201 g/mol. The van der Waals surface area contributed by atoms with Crippen molar-refractivity contribution in [3.8, 4) is 11.5 Å². The van der Waals surface area contributed by atoms with E-state index in [0.717, 1.165) is 0 Å². The van der Waals surface area contributed by atoms with E-state index < -0.39 is 34.6 Å². The summed E-state index contributed by atoms with van der Waals surface area (Å²) in [6.07, 6.45) is -4.76. The molecule has 0 spiro atoms. The number of aromatic hydroxyl groups is 2. The van der Waals surface area contributed by atoms with Crippen LogP contribution in [0.4, 0.5) is 24.5 Å². The Morgan fingerprint density at radius 1 is 1.07 bits per heavy atom. The normalized spacial score (nSPS) is 11.6. The van der Waals surface area contributed by atoms with Crippen LogP contribution in [0.1, 0.15) is 5.56 Å². The monoisotopic (exact) mass is 208 g/mol. The summed E-state index contributed by atoms with van der Waals surface area (Å²) in [5, 5.41) is 18.0. The number of hydrogen-bond donors (Lipinski definition) is 4. The van der Waals surface area contributed by atoms with Gasteiger partial charge in [-0.2, -0.15) is 13.2 Å². The van der Waals surface area contributed by atoms with Crippen LogP contribution in [0, 0.1) is 0 Å². The smallest absolute Gasteiger partial charge is 0.420 e. The summed E-state index contributed by atoms with van der Waals surface area (Å²) in [4.78, 5) is 0. The second-order valence-electron chi connectivity index (χ2n) is 2.62. The lowest BCUT2D eigenvalue weighted by Crippen LogP contribution is -2.08. The molecule has 0 aliphatic carbocycles. The Morgan fingerprint density at radius 2 is 1.57 bits per heavy atom. The fourth-order valence-corrected chi connectivity index (χ4v) is 0.921. The molecule has 1 rings (SSSR count). The SMILES string of the molecule is Nc1cc(C(F)(F)F)c(O)c(N)c1O. The van der Waals surface area contributed by atoms with E-state index in [0.29, 0.717) is 6.07 Å². The Kier molecular flexibility index (Phi) is 2.10. The van der Waals surface area contributed by atoms with E-state index in [-0.39, 0.29) is 0 Å². The minimum atomic E-state index is -4.76. The quantitative estimate of drug-likeness (QED) is 0.293. The molecule has 0 aromatic heterocycles. The molecule has 1 aromatic carbocycles. The molecule has 0 fully saturated rings. The van der Waals surface area contributed by atoms with Crippen molar-refractivity contribution in [3.63, 3.8) is 0 Å². The van der Waals surface area contributed by atoms with E-state index in [2.05, 4.69) is 0 Å². The van der Waals surface area contributed by atoms with Crippen LogP contribution in [0.25, 0.3) is 0 Å².